The van der Waals surface area contributed by atoms with Crippen LogP contribution in [-0.4, -0.2) is 42.3 Å². The standard InChI is InChI=1S/C23H20ClN3O3/c1-25-16-6-3-2-5-15(16)23(22(25)30)19-18(17-7-4-12-26(17)23)20(28)27(21(19)29)14-10-8-13(24)9-11-14/h2-3,5-6,8-11,17-19H,4,7,12H2,1H3. The van der Waals surface area contributed by atoms with Crippen LogP contribution in [0.15, 0.2) is 48.5 Å². The maximum absolute atomic E-state index is 13.8. The van der Waals surface area contributed by atoms with Crippen LogP contribution in [0.1, 0.15) is 18.4 Å². The van der Waals surface area contributed by atoms with E-state index in [1.807, 2.05) is 24.3 Å². The highest BCUT2D eigenvalue weighted by Crippen LogP contribution is 2.61. The van der Waals surface area contributed by atoms with E-state index in [1.165, 1.54) is 4.90 Å². The summed E-state index contributed by atoms with van der Waals surface area (Å²) in [6.45, 7) is 0.715. The number of para-hydroxylation sites is 1. The number of hydrogen-bond acceptors (Lipinski definition) is 4. The summed E-state index contributed by atoms with van der Waals surface area (Å²) in [4.78, 5) is 46.3. The van der Waals surface area contributed by atoms with E-state index < -0.39 is 17.4 Å². The van der Waals surface area contributed by atoms with Gasteiger partial charge < -0.3 is 4.90 Å². The number of hydrogen-bond donors (Lipinski definition) is 0. The van der Waals surface area contributed by atoms with Gasteiger partial charge in [0, 0.05) is 29.4 Å². The molecule has 7 heteroatoms. The summed E-state index contributed by atoms with van der Waals surface area (Å²) in [5.41, 5.74) is 1.07. The quantitative estimate of drug-likeness (QED) is 0.664. The fraction of sp³-hybridized carbons (Fsp3) is 0.348. The summed E-state index contributed by atoms with van der Waals surface area (Å²) < 4.78 is 0. The van der Waals surface area contributed by atoms with E-state index in [9.17, 15) is 14.4 Å². The normalized spacial score (nSPS) is 32.3. The van der Waals surface area contributed by atoms with Crippen LogP contribution in [0.25, 0.3) is 0 Å². The molecule has 2 aromatic rings. The van der Waals surface area contributed by atoms with Crippen LogP contribution >= 0.6 is 11.6 Å². The summed E-state index contributed by atoms with van der Waals surface area (Å²) in [7, 11) is 1.76. The van der Waals surface area contributed by atoms with Gasteiger partial charge in [0.1, 0.15) is 5.54 Å². The van der Waals surface area contributed by atoms with Crippen molar-refractivity contribution >= 4 is 40.7 Å². The number of imide groups is 1. The number of rotatable bonds is 1. The van der Waals surface area contributed by atoms with Crippen molar-refractivity contribution in [3.05, 3.63) is 59.1 Å². The van der Waals surface area contributed by atoms with Gasteiger partial charge in [-0.25, -0.2) is 4.90 Å². The Hall–Kier alpha value is -2.70. The minimum absolute atomic E-state index is 0.104. The highest BCUT2D eigenvalue weighted by atomic mass is 35.5. The van der Waals surface area contributed by atoms with Gasteiger partial charge in [0.25, 0.3) is 5.91 Å². The molecule has 3 saturated heterocycles. The molecule has 152 valence electrons. The van der Waals surface area contributed by atoms with Crippen LogP contribution in [0.2, 0.25) is 5.02 Å². The molecule has 6 rings (SSSR count). The van der Waals surface area contributed by atoms with Crippen LogP contribution in [0.5, 0.6) is 0 Å². The van der Waals surface area contributed by atoms with Gasteiger partial charge in [0.05, 0.1) is 17.5 Å². The van der Waals surface area contributed by atoms with Crippen molar-refractivity contribution in [1.82, 2.24) is 4.90 Å². The number of benzene rings is 2. The second-order valence-corrected chi connectivity index (χ2v) is 8.98. The molecule has 4 heterocycles. The molecule has 2 aromatic carbocycles. The van der Waals surface area contributed by atoms with Gasteiger partial charge in [-0.3, -0.25) is 19.3 Å². The number of nitrogens with zero attached hydrogens (tertiary/aromatic N) is 3. The maximum Gasteiger partial charge on any atom is 0.252 e. The average Bonchev–Trinajstić information content (AvgIpc) is 3.44. The highest BCUT2D eigenvalue weighted by molar-refractivity contribution is 6.31. The smallest absolute Gasteiger partial charge is 0.252 e. The monoisotopic (exact) mass is 421 g/mol. The molecule has 3 fully saturated rings. The molecule has 6 nitrogen and oxygen atoms in total. The molecule has 1 spiro atoms. The van der Waals surface area contributed by atoms with E-state index in [2.05, 4.69) is 4.90 Å². The highest BCUT2D eigenvalue weighted by Gasteiger charge is 2.75. The molecule has 4 aliphatic heterocycles. The third-order valence-corrected chi connectivity index (χ3v) is 7.61. The van der Waals surface area contributed by atoms with Crippen LogP contribution in [0.4, 0.5) is 11.4 Å². The molecule has 0 aromatic heterocycles. The van der Waals surface area contributed by atoms with Gasteiger partial charge in [-0.1, -0.05) is 29.8 Å². The molecule has 0 N–H and O–H groups in total. The zero-order chi connectivity index (χ0) is 20.8. The molecule has 4 aliphatic rings. The van der Waals surface area contributed by atoms with Gasteiger partial charge in [-0.15, -0.1) is 0 Å². The van der Waals surface area contributed by atoms with Crippen molar-refractivity contribution < 1.29 is 14.4 Å². The lowest BCUT2D eigenvalue weighted by Gasteiger charge is -2.37. The summed E-state index contributed by atoms with van der Waals surface area (Å²) >= 11 is 6.00. The van der Waals surface area contributed by atoms with Crippen LogP contribution in [0, 0.1) is 11.8 Å². The van der Waals surface area contributed by atoms with Crippen molar-refractivity contribution in [2.24, 2.45) is 11.8 Å². The number of carbonyl (C=O) groups is 3. The molecule has 0 saturated carbocycles. The number of halogens is 1. The number of fused-ring (bicyclic) bond motifs is 7. The summed E-state index contributed by atoms with van der Waals surface area (Å²) in [5.74, 6) is -1.84. The SMILES string of the molecule is CN1C(=O)C2(c3ccccc31)C1C(=O)N(c3ccc(Cl)cc3)C(=O)C1C1CCCN12. The Balaban J connectivity index is 1.57. The maximum atomic E-state index is 13.8. The van der Waals surface area contributed by atoms with Gasteiger partial charge in [-0.05, 0) is 49.7 Å². The van der Waals surface area contributed by atoms with Crippen molar-refractivity contribution in [3.8, 4) is 0 Å². The molecular formula is C23H20ClN3O3. The lowest BCUT2D eigenvalue weighted by atomic mass is 9.75. The molecule has 4 unspecified atom stereocenters. The lowest BCUT2D eigenvalue weighted by molar-refractivity contribution is -0.136. The number of anilines is 2. The van der Waals surface area contributed by atoms with Gasteiger partial charge in [0.15, 0.2) is 0 Å². The van der Waals surface area contributed by atoms with Crippen molar-refractivity contribution in [2.75, 3.05) is 23.4 Å². The zero-order valence-corrected chi connectivity index (χ0v) is 17.2. The topological polar surface area (TPSA) is 60.9 Å². The minimum atomic E-state index is -1.11. The van der Waals surface area contributed by atoms with E-state index >= 15 is 0 Å². The average molecular weight is 422 g/mol. The Kier molecular flexibility index (Phi) is 3.58. The largest absolute Gasteiger partial charge is 0.313 e. The van der Waals surface area contributed by atoms with Gasteiger partial charge in [0.2, 0.25) is 11.8 Å². The van der Waals surface area contributed by atoms with Crippen LogP contribution < -0.4 is 9.80 Å². The molecular weight excluding hydrogens is 402 g/mol. The van der Waals surface area contributed by atoms with E-state index in [0.29, 0.717) is 17.3 Å². The van der Waals surface area contributed by atoms with Crippen LogP contribution in [-0.2, 0) is 19.9 Å². The molecule has 4 atom stereocenters. The first kappa shape index (κ1) is 18.1. The molecule has 0 bridgehead atoms. The minimum Gasteiger partial charge on any atom is -0.313 e. The third-order valence-electron chi connectivity index (χ3n) is 7.36. The predicted molar refractivity (Wildman–Crippen MR) is 112 cm³/mol. The van der Waals surface area contributed by atoms with Gasteiger partial charge in [-0.2, -0.15) is 0 Å². The molecule has 0 aliphatic carbocycles. The number of likely N-dealkylation sites (N-methyl/N-ethyl adjacent to an activating group) is 1. The first-order valence-corrected chi connectivity index (χ1v) is 10.6. The Morgan fingerprint density at radius 1 is 1.00 bits per heavy atom. The summed E-state index contributed by atoms with van der Waals surface area (Å²) in [6.07, 6.45) is 1.73. The molecule has 3 amide bonds. The molecule has 30 heavy (non-hydrogen) atoms. The Morgan fingerprint density at radius 3 is 2.50 bits per heavy atom. The second kappa shape index (κ2) is 5.93. The van der Waals surface area contributed by atoms with E-state index in [0.717, 1.165) is 24.1 Å². The van der Waals surface area contributed by atoms with E-state index in [-0.39, 0.29) is 23.8 Å². The lowest BCUT2D eigenvalue weighted by Crippen LogP contribution is -2.55. The Labute approximate surface area is 179 Å². The Morgan fingerprint density at radius 2 is 1.73 bits per heavy atom. The molecule has 0 radical (unpaired) electrons. The second-order valence-electron chi connectivity index (χ2n) is 8.54. The number of carbonyl (C=O) groups excluding carboxylic acids is 3. The predicted octanol–water partition coefficient (Wildman–Crippen LogP) is 2.80. The van der Waals surface area contributed by atoms with Crippen molar-refractivity contribution in [1.29, 1.82) is 0 Å². The fourth-order valence-corrected chi connectivity index (χ4v) is 6.42. The van der Waals surface area contributed by atoms with Crippen molar-refractivity contribution in [2.45, 2.75) is 24.4 Å². The van der Waals surface area contributed by atoms with E-state index in [4.69, 9.17) is 11.6 Å². The van der Waals surface area contributed by atoms with Crippen molar-refractivity contribution in [3.63, 3.8) is 0 Å². The summed E-state index contributed by atoms with van der Waals surface area (Å²) in [5, 5.41) is 0.540. The zero-order valence-electron chi connectivity index (χ0n) is 16.4. The number of amides is 3. The third kappa shape index (κ3) is 1.92. The van der Waals surface area contributed by atoms with Gasteiger partial charge >= 0.3 is 0 Å². The van der Waals surface area contributed by atoms with E-state index in [1.54, 1.807) is 36.2 Å². The fourth-order valence-electron chi connectivity index (χ4n) is 6.29. The first-order valence-electron chi connectivity index (χ1n) is 10.3. The Bertz CT molecular complexity index is 1120. The summed E-state index contributed by atoms with van der Waals surface area (Å²) in [6, 6.07) is 14.3. The first-order chi connectivity index (χ1) is 14.5. The van der Waals surface area contributed by atoms with Crippen LogP contribution in [0.3, 0.4) is 0 Å².